The summed E-state index contributed by atoms with van der Waals surface area (Å²) < 4.78 is 6.22. The minimum absolute atomic E-state index is 0.199. The summed E-state index contributed by atoms with van der Waals surface area (Å²) in [5, 5.41) is 8.52. The van der Waals surface area contributed by atoms with Crippen LogP contribution in [0.15, 0.2) is 40.9 Å². The van der Waals surface area contributed by atoms with Crippen molar-refractivity contribution in [1.29, 1.82) is 0 Å². The van der Waals surface area contributed by atoms with Gasteiger partial charge in [0.15, 0.2) is 5.06 Å². The van der Waals surface area contributed by atoms with E-state index >= 15 is 0 Å². The van der Waals surface area contributed by atoms with Gasteiger partial charge in [-0.3, -0.25) is 15.5 Å². The van der Waals surface area contributed by atoms with Crippen molar-refractivity contribution >= 4 is 17.7 Å². The fourth-order valence-electron chi connectivity index (χ4n) is 3.94. The fourth-order valence-corrected chi connectivity index (χ4v) is 4.81. The third-order valence-electron chi connectivity index (χ3n) is 4.91. The molecule has 1 aliphatic heterocycles. The van der Waals surface area contributed by atoms with Crippen LogP contribution in [0, 0.1) is 0 Å². The molecular formula is C21H22N4O3S. The number of aromatic nitrogens is 2. The molecule has 2 atom stereocenters. The Kier molecular flexibility index (Phi) is 4.50. The van der Waals surface area contributed by atoms with E-state index in [2.05, 4.69) is 21.4 Å². The highest BCUT2D eigenvalue weighted by Crippen LogP contribution is 2.50. The lowest BCUT2D eigenvalue weighted by atomic mass is 9.82. The predicted molar refractivity (Wildman–Crippen MR) is 111 cm³/mol. The maximum absolute atomic E-state index is 12.3. The number of carbonyl (C=O) groups excluding carboxylic acids is 1. The van der Waals surface area contributed by atoms with Gasteiger partial charge in [0.1, 0.15) is 17.0 Å². The van der Waals surface area contributed by atoms with Gasteiger partial charge in [-0.2, -0.15) is 0 Å². The van der Waals surface area contributed by atoms with Gasteiger partial charge in [0.2, 0.25) is 0 Å². The van der Waals surface area contributed by atoms with E-state index in [1.165, 1.54) is 6.92 Å². The van der Waals surface area contributed by atoms with E-state index < -0.39 is 16.6 Å². The van der Waals surface area contributed by atoms with Crippen LogP contribution in [0.2, 0.25) is 0 Å². The summed E-state index contributed by atoms with van der Waals surface area (Å²) in [4.78, 5) is 20.4. The van der Waals surface area contributed by atoms with Crippen molar-refractivity contribution in [2.45, 2.75) is 43.8 Å². The van der Waals surface area contributed by atoms with Gasteiger partial charge in [0, 0.05) is 28.1 Å². The number of nitrogens with zero attached hydrogens (tertiary/aromatic N) is 1. The summed E-state index contributed by atoms with van der Waals surface area (Å²) in [5.74, 6) is -0.106. The molecule has 1 aliphatic carbocycles. The summed E-state index contributed by atoms with van der Waals surface area (Å²) in [7, 11) is 0. The molecule has 2 aliphatic rings. The van der Waals surface area contributed by atoms with E-state index in [0.29, 0.717) is 17.9 Å². The zero-order valence-corrected chi connectivity index (χ0v) is 17.2. The van der Waals surface area contributed by atoms with Crippen molar-refractivity contribution in [3.63, 3.8) is 0 Å². The van der Waals surface area contributed by atoms with Crippen molar-refractivity contribution in [1.82, 2.24) is 9.97 Å². The van der Waals surface area contributed by atoms with Crippen LogP contribution in [0.3, 0.4) is 0 Å². The van der Waals surface area contributed by atoms with Crippen LogP contribution < -0.4 is 16.2 Å². The second-order valence-corrected chi connectivity index (χ2v) is 9.36. The van der Waals surface area contributed by atoms with Crippen molar-refractivity contribution in [3.05, 3.63) is 57.7 Å². The molecule has 0 spiro atoms. The molecule has 0 radical (unpaired) electrons. The van der Waals surface area contributed by atoms with Crippen LogP contribution in [0.1, 0.15) is 54.7 Å². The Balaban J connectivity index is 1.88. The SMILES string of the molecule is CC1(C)Oc2cnccc2-c2[nH]c(C(N)=O)c(C3C=C=C=C(S[C@](C)(N)O)C3)c21. The lowest BCUT2D eigenvalue weighted by Crippen LogP contribution is -2.32. The second kappa shape index (κ2) is 6.66. The molecule has 6 N–H and O–H groups in total. The van der Waals surface area contributed by atoms with E-state index in [1.54, 1.807) is 12.4 Å². The number of H-pyrrole nitrogens is 1. The Bertz CT molecular complexity index is 1110. The summed E-state index contributed by atoms with van der Waals surface area (Å²) in [6.07, 6.45) is 5.70. The number of thioether (sulfide) groups is 1. The Labute approximate surface area is 172 Å². The zero-order chi connectivity index (χ0) is 21.0. The first kappa shape index (κ1) is 19.6. The number of rotatable bonds is 4. The molecule has 8 heteroatoms. The third kappa shape index (κ3) is 3.53. The van der Waals surface area contributed by atoms with E-state index in [0.717, 1.165) is 39.1 Å². The zero-order valence-electron chi connectivity index (χ0n) is 16.4. The van der Waals surface area contributed by atoms with Crippen LogP contribution in [0.4, 0.5) is 0 Å². The quantitative estimate of drug-likeness (QED) is 0.453. The van der Waals surface area contributed by atoms with Gasteiger partial charge >= 0.3 is 0 Å². The van der Waals surface area contributed by atoms with Gasteiger partial charge in [-0.1, -0.05) is 23.2 Å². The monoisotopic (exact) mass is 410 g/mol. The number of aliphatic hydroxyl groups is 1. The van der Waals surface area contributed by atoms with E-state index in [1.807, 2.05) is 26.0 Å². The summed E-state index contributed by atoms with van der Waals surface area (Å²) in [5.41, 5.74) is 20.4. The van der Waals surface area contributed by atoms with Crippen LogP contribution >= 0.6 is 11.8 Å². The lowest BCUT2D eigenvalue weighted by Gasteiger charge is -2.34. The maximum Gasteiger partial charge on any atom is 0.265 e. The summed E-state index contributed by atoms with van der Waals surface area (Å²) in [6.45, 7) is 5.40. The van der Waals surface area contributed by atoms with Crippen LogP contribution in [-0.4, -0.2) is 26.0 Å². The average molecular weight is 410 g/mol. The lowest BCUT2D eigenvalue weighted by molar-refractivity contribution is 0.0993. The number of hydrogen-bond acceptors (Lipinski definition) is 6. The molecule has 29 heavy (non-hydrogen) atoms. The summed E-state index contributed by atoms with van der Waals surface area (Å²) >= 11 is 1.11. The van der Waals surface area contributed by atoms with Gasteiger partial charge in [-0.25, -0.2) is 0 Å². The van der Waals surface area contributed by atoms with Crippen LogP contribution in [0.25, 0.3) is 11.3 Å². The number of hydrogen-bond donors (Lipinski definition) is 4. The molecule has 1 amide bonds. The van der Waals surface area contributed by atoms with Crippen molar-refractivity contribution < 1.29 is 14.6 Å². The highest BCUT2D eigenvalue weighted by Gasteiger charge is 2.41. The molecule has 7 nitrogen and oxygen atoms in total. The Hall–Kier alpha value is -2.73. The molecule has 0 bridgehead atoms. The minimum Gasteiger partial charge on any atom is -0.481 e. The Morgan fingerprint density at radius 1 is 1.52 bits per heavy atom. The van der Waals surface area contributed by atoms with E-state index in [9.17, 15) is 9.90 Å². The van der Waals surface area contributed by atoms with E-state index in [4.69, 9.17) is 16.2 Å². The molecule has 0 saturated heterocycles. The predicted octanol–water partition coefficient (Wildman–Crippen LogP) is 2.84. The molecule has 1 unspecified atom stereocenters. The van der Waals surface area contributed by atoms with Gasteiger partial charge in [-0.05, 0) is 44.9 Å². The Morgan fingerprint density at radius 3 is 2.97 bits per heavy atom. The standard InChI is InChI=1S/C21H22N4O3S/c1-20(2)16-15(11-5-4-6-12(9-11)29-21(3,23)27)18(19(22)26)25-17(16)13-7-8-24-10-14(13)28-20/h5,7-8,10-11,25,27H,9,23H2,1-3H3,(H2,22,26)/t11?,21-/m1/s1. The highest BCUT2D eigenvalue weighted by atomic mass is 32.2. The van der Waals surface area contributed by atoms with Crippen molar-refractivity contribution in [3.8, 4) is 17.0 Å². The van der Waals surface area contributed by atoms with Gasteiger partial charge in [0.05, 0.1) is 11.9 Å². The number of nitrogens with one attached hydrogen (secondary N) is 1. The normalized spacial score (nSPS) is 20.9. The third-order valence-corrected chi connectivity index (χ3v) is 5.84. The number of allylic oxidation sites excluding steroid dienone is 2. The molecule has 0 aromatic carbocycles. The number of nitrogens with two attached hydrogens (primary N) is 2. The molecule has 150 valence electrons. The molecular weight excluding hydrogens is 388 g/mol. The number of carbonyl (C=O) groups is 1. The molecule has 2 aromatic heterocycles. The number of fused-ring (bicyclic) bond motifs is 3. The first-order chi connectivity index (χ1) is 13.6. The largest absolute Gasteiger partial charge is 0.481 e. The van der Waals surface area contributed by atoms with Gasteiger partial charge in [-0.15, -0.1) is 0 Å². The number of ether oxygens (including phenoxy) is 1. The molecule has 3 heterocycles. The number of amides is 1. The van der Waals surface area contributed by atoms with Crippen LogP contribution in [-0.2, 0) is 5.60 Å². The first-order valence-electron chi connectivity index (χ1n) is 9.17. The molecule has 0 fully saturated rings. The fraction of sp³-hybridized carbons (Fsp3) is 0.333. The number of primary amides is 1. The van der Waals surface area contributed by atoms with Gasteiger partial charge < -0.3 is 20.6 Å². The first-order valence-corrected chi connectivity index (χ1v) is 9.99. The van der Waals surface area contributed by atoms with Crippen molar-refractivity contribution in [2.24, 2.45) is 11.5 Å². The highest BCUT2D eigenvalue weighted by molar-refractivity contribution is 8.04. The van der Waals surface area contributed by atoms with E-state index in [-0.39, 0.29) is 5.92 Å². The molecule has 0 saturated carbocycles. The average Bonchev–Trinajstić information content (AvgIpc) is 3.02. The second-order valence-electron chi connectivity index (χ2n) is 7.84. The minimum atomic E-state index is -1.43. The topological polar surface area (TPSA) is 127 Å². The number of pyridine rings is 1. The Morgan fingerprint density at radius 2 is 2.28 bits per heavy atom. The van der Waals surface area contributed by atoms with Crippen molar-refractivity contribution in [2.75, 3.05) is 0 Å². The summed E-state index contributed by atoms with van der Waals surface area (Å²) in [6, 6.07) is 1.85. The molecule has 2 aromatic rings. The maximum atomic E-state index is 12.3. The molecule has 4 rings (SSSR count). The van der Waals surface area contributed by atoms with Gasteiger partial charge in [0.25, 0.3) is 5.91 Å². The smallest absolute Gasteiger partial charge is 0.265 e. The van der Waals surface area contributed by atoms with Crippen LogP contribution in [0.5, 0.6) is 5.75 Å². The number of aromatic amines is 1.